The molecule has 15 heteroatoms. The number of nitrogens with zero attached hydrogens (tertiary/aromatic N) is 2. The van der Waals surface area contributed by atoms with Crippen LogP contribution in [0.5, 0.6) is 0 Å². The van der Waals surface area contributed by atoms with Crippen LogP contribution in [-0.2, 0) is 41.6 Å². The van der Waals surface area contributed by atoms with E-state index in [9.17, 15) is 33.9 Å². The minimum atomic E-state index is -1.48. The number of carboxylic acids is 2. The predicted molar refractivity (Wildman–Crippen MR) is 151 cm³/mol. The summed E-state index contributed by atoms with van der Waals surface area (Å²) < 4.78 is 0. The van der Waals surface area contributed by atoms with Crippen molar-refractivity contribution >= 4 is 35.6 Å². The molecule has 0 unspecified atom stereocenters. The average molecular weight is 600 g/mol. The van der Waals surface area contributed by atoms with Gasteiger partial charge < -0.3 is 41.8 Å². The number of aromatic nitrogens is 2. The van der Waals surface area contributed by atoms with Crippen molar-refractivity contribution in [3.05, 3.63) is 54.1 Å². The van der Waals surface area contributed by atoms with E-state index in [1.54, 1.807) is 36.5 Å². The van der Waals surface area contributed by atoms with E-state index in [1.165, 1.54) is 18.2 Å². The number of amides is 4. The van der Waals surface area contributed by atoms with Crippen molar-refractivity contribution in [3.8, 4) is 0 Å². The number of hydrogen-bond donors (Lipinski definition) is 7. The summed E-state index contributed by atoms with van der Waals surface area (Å²) in [5.74, 6) is -5.13. The van der Waals surface area contributed by atoms with Gasteiger partial charge in [0.05, 0.1) is 12.4 Å². The summed E-state index contributed by atoms with van der Waals surface area (Å²) in [4.78, 5) is 83.1. The lowest BCUT2D eigenvalue weighted by atomic mass is 10.0. The van der Waals surface area contributed by atoms with Crippen LogP contribution in [0.1, 0.15) is 43.9 Å². The molecule has 0 aliphatic carbocycles. The van der Waals surface area contributed by atoms with Crippen LogP contribution in [0.2, 0.25) is 0 Å². The van der Waals surface area contributed by atoms with Crippen molar-refractivity contribution in [2.24, 2.45) is 5.73 Å². The molecule has 232 valence electrons. The highest BCUT2D eigenvalue weighted by Gasteiger charge is 2.37. The Morgan fingerprint density at radius 1 is 1.02 bits per heavy atom. The zero-order valence-electron chi connectivity index (χ0n) is 23.7. The lowest BCUT2D eigenvalue weighted by molar-refractivity contribution is -0.143. The number of H-pyrrole nitrogens is 1. The Labute approximate surface area is 247 Å². The molecule has 0 radical (unpaired) electrons. The van der Waals surface area contributed by atoms with Gasteiger partial charge in [-0.3, -0.25) is 24.0 Å². The van der Waals surface area contributed by atoms with Gasteiger partial charge in [-0.25, -0.2) is 9.78 Å². The van der Waals surface area contributed by atoms with Crippen molar-refractivity contribution in [2.45, 2.75) is 75.7 Å². The van der Waals surface area contributed by atoms with E-state index in [2.05, 4.69) is 25.9 Å². The summed E-state index contributed by atoms with van der Waals surface area (Å²) in [6, 6.07) is 3.13. The fourth-order valence-electron chi connectivity index (χ4n) is 4.77. The van der Waals surface area contributed by atoms with Gasteiger partial charge in [0.15, 0.2) is 0 Å². The molecule has 5 atom stereocenters. The van der Waals surface area contributed by atoms with E-state index in [-0.39, 0.29) is 19.3 Å². The zero-order chi connectivity index (χ0) is 31.5. The molecule has 0 spiro atoms. The minimum absolute atomic E-state index is 0.00345. The second-order valence-electron chi connectivity index (χ2n) is 10.4. The van der Waals surface area contributed by atoms with E-state index >= 15 is 0 Å². The van der Waals surface area contributed by atoms with Crippen LogP contribution in [-0.4, -0.2) is 97.4 Å². The number of nitrogens with two attached hydrogens (primary N) is 1. The second kappa shape index (κ2) is 15.4. The van der Waals surface area contributed by atoms with Crippen LogP contribution in [0.15, 0.2) is 42.9 Å². The fraction of sp³-hybridized carbons (Fsp3) is 0.464. The maximum Gasteiger partial charge on any atom is 0.326 e. The normalized spacial score (nSPS) is 17.3. The molecule has 0 bridgehead atoms. The Morgan fingerprint density at radius 2 is 1.72 bits per heavy atom. The molecule has 1 saturated heterocycles. The summed E-state index contributed by atoms with van der Waals surface area (Å²) in [7, 11) is 0. The molecule has 43 heavy (non-hydrogen) atoms. The monoisotopic (exact) mass is 599 g/mol. The molecular weight excluding hydrogens is 562 g/mol. The quantitative estimate of drug-likeness (QED) is 0.131. The number of aromatic amines is 1. The van der Waals surface area contributed by atoms with Gasteiger partial charge in [-0.2, -0.15) is 0 Å². The summed E-state index contributed by atoms with van der Waals surface area (Å²) in [5.41, 5.74) is 7.44. The van der Waals surface area contributed by atoms with E-state index in [4.69, 9.17) is 10.8 Å². The van der Waals surface area contributed by atoms with E-state index in [1.807, 2.05) is 0 Å². The highest BCUT2D eigenvalue weighted by molar-refractivity contribution is 5.95. The van der Waals surface area contributed by atoms with Crippen LogP contribution in [0, 0.1) is 0 Å². The number of benzene rings is 1. The van der Waals surface area contributed by atoms with Gasteiger partial charge in [0.25, 0.3) is 0 Å². The summed E-state index contributed by atoms with van der Waals surface area (Å²) >= 11 is 0. The molecule has 4 amide bonds. The maximum absolute atomic E-state index is 13.1. The van der Waals surface area contributed by atoms with Crippen LogP contribution < -0.4 is 21.7 Å². The number of hydrogen-bond acceptors (Lipinski definition) is 8. The SMILES string of the molecule is C[C@H](NC(=O)[C@@H]1CCCN1C(=O)[C@@H](N)Cc1cnc[nH]1)C(=O)N[C@@H](Cc1ccccc1)C(=O)N[C@@H](CCC(=O)O)C(=O)O. The molecule has 1 aromatic carbocycles. The first kappa shape index (κ1) is 32.7. The number of imidazole rings is 1. The van der Waals surface area contributed by atoms with Gasteiger partial charge in [-0.1, -0.05) is 30.3 Å². The van der Waals surface area contributed by atoms with E-state index in [0.29, 0.717) is 30.6 Å². The molecule has 0 saturated carbocycles. The predicted octanol–water partition coefficient (Wildman–Crippen LogP) is -1.06. The lowest BCUT2D eigenvalue weighted by Gasteiger charge is -2.28. The first-order valence-corrected chi connectivity index (χ1v) is 13.9. The number of carbonyl (C=O) groups is 6. The zero-order valence-corrected chi connectivity index (χ0v) is 23.7. The Morgan fingerprint density at radius 3 is 2.35 bits per heavy atom. The summed E-state index contributed by atoms with van der Waals surface area (Å²) in [6.45, 7) is 1.75. The second-order valence-corrected chi connectivity index (χ2v) is 10.4. The molecule has 2 aromatic rings. The molecule has 3 rings (SSSR count). The molecule has 1 aliphatic heterocycles. The van der Waals surface area contributed by atoms with E-state index < -0.39 is 72.2 Å². The smallest absolute Gasteiger partial charge is 0.326 e. The minimum Gasteiger partial charge on any atom is -0.481 e. The third kappa shape index (κ3) is 9.63. The fourth-order valence-corrected chi connectivity index (χ4v) is 4.77. The highest BCUT2D eigenvalue weighted by Crippen LogP contribution is 2.19. The molecule has 1 aliphatic rings. The van der Waals surface area contributed by atoms with Crippen molar-refractivity contribution < 1.29 is 39.0 Å². The van der Waals surface area contributed by atoms with Crippen molar-refractivity contribution in [1.82, 2.24) is 30.8 Å². The molecule has 15 nitrogen and oxygen atoms in total. The maximum atomic E-state index is 13.1. The van der Waals surface area contributed by atoms with Gasteiger partial charge >= 0.3 is 11.9 Å². The first-order chi connectivity index (χ1) is 20.5. The third-order valence-electron chi connectivity index (χ3n) is 7.08. The van der Waals surface area contributed by atoms with E-state index in [0.717, 1.165) is 0 Å². The number of aliphatic carboxylic acids is 2. The number of carbonyl (C=O) groups excluding carboxylic acids is 4. The summed E-state index contributed by atoms with van der Waals surface area (Å²) in [5, 5.41) is 25.8. The Bertz CT molecular complexity index is 1290. The molecular formula is C28H37N7O8. The third-order valence-corrected chi connectivity index (χ3v) is 7.08. The van der Waals surface area contributed by atoms with Gasteiger partial charge in [0, 0.05) is 37.7 Å². The lowest BCUT2D eigenvalue weighted by Crippen LogP contribution is -2.58. The van der Waals surface area contributed by atoms with Crippen LogP contribution in [0.25, 0.3) is 0 Å². The Hall–Kier alpha value is -4.79. The van der Waals surface area contributed by atoms with Crippen molar-refractivity contribution in [2.75, 3.05) is 6.54 Å². The van der Waals surface area contributed by atoms with Gasteiger partial charge in [-0.15, -0.1) is 0 Å². The number of carboxylic acid groups (broad SMARTS) is 2. The van der Waals surface area contributed by atoms with Gasteiger partial charge in [-0.05, 0) is 31.7 Å². The topological polar surface area (TPSA) is 237 Å². The standard InChI is InChI=1S/C28H37N7O8/c1-16(32-26(40)22-8-5-11-35(22)27(41)19(29)13-18-14-30-15-31-18)24(38)34-21(12-17-6-3-2-4-7-17)25(39)33-20(28(42)43)9-10-23(36)37/h2-4,6-7,14-16,19-22H,5,8-13,29H2,1H3,(H,30,31)(H,32,40)(H,33,39)(H,34,38)(H,36,37)(H,42,43)/t16-,19-,20-,21-,22-/m0/s1. The molecule has 2 heterocycles. The van der Waals surface area contributed by atoms with Gasteiger partial charge in [0.2, 0.25) is 23.6 Å². The first-order valence-electron chi connectivity index (χ1n) is 13.9. The van der Waals surface area contributed by atoms with Crippen LogP contribution in [0.4, 0.5) is 0 Å². The van der Waals surface area contributed by atoms with Crippen molar-refractivity contribution in [1.29, 1.82) is 0 Å². The number of nitrogens with one attached hydrogen (secondary N) is 4. The summed E-state index contributed by atoms with van der Waals surface area (Å²) in [6.07, 6.45) is 3.38. The Balaban J connectivity index is 1.64. The average Bonchev–Trinajstić information content (AvgIpc) is 3.67. The van der Waals surface area contributed by atoms with Crippen LogP contribution >= 0.6 is 0 Å². The Kier molecular flexibility index (Phi) is 11.8. The van der Waals surface area contributed by atoms with Gasteiger partial charge in [0.1, 0.15) is 24.2 Å². The molecule has 1 fully saturated rings. The number of rotatable bonds is 15. The highest BCUT2D eigenvalue weighted by atomic mass is 16.4. The van der Waals surface area contributed by atoms with Crippen LogP contribution in [0.3, 0.4) is 0 Å². The van der Waals surface area contributed by atoms with Crippen molar-refractivity contribution in [3.63, 3.8) is 0 Å². The molecule has 8 N–H and O–H groups in total. The number of likely N-dealkylation sites (tertiary alicyclic amines) is 1. The largest absolute Gasteiger partial charge is 0.481 e. The molecule has 1 aromatic heterocycles.